The third kappa shape index (κ3) is 3.14. The number of anilines is 1. The van der Waals surface area contributed by atoms with Gasteiger partial charge in [0.2, 0.25) is 0 Å². The third-order valence-corrected chi connectivity index (χ3v) is 3.43. The van der Waals surface area contributed by atoms with E-state index in [9.17, 15) is 0 Å². The van der Waals surface area contributed by atoms with E-state index in [2.05, 4.69) is 57.5 Å². The summed E-state index contributed by atoms with van der Waals surface area (Å²) in [6.07, 6.45) is 5.33. The van der Waals surface area contributed by atoms with Crippen molar-refractivity contribution in [3.8, 4) is 12.3 Å². The van der Waals surface area contributed by atoms with Gasteiger partial charge in [0, 0.05) is 5.92 Å². The van der Waals surface area contributed by atoms with Gasteiger partial charge in [-0.1, -0.05) is 55.3 Å². The summed E-state index contributed by atoms with van der Waals surface area (Å²) in [5.41, 5.74) is 2.50. The molecule has 6 heteroatoms. The van der Waals surface area contributed by atoms with E-state index >= 15 is 0 Å². The largest absolute Gasteiger partial charge is 0.357 e. The minimum atomic E-state index is 0.200. The van der Waals surface area contributed by atoms with Gasteiger partial charge >= 0.3 is 0 Å². The molecular formula is C17H18N6. The third-order valence-electron chi connectivity index (χ3n) is 3.43. The summed E-state index contributed by atoms with van der Waals surface area (Å²) in [6, 6.07) is 10.1. The number of aromatic nitrogens is 5. The second-order valence-corrected chi connectivity index (χ2v) is 5.55. The summed E-state index contributed by atoms with van der Waals surface area (Å²) in [5.74, 6) is 4.13. The summed E-state index contributed by atoms with van der Waals surface area (Å²) in [7, 11) is 0. The predicted molar refractivity (Wildman–Crippen MR) is 90.1 cm³/mol. The van der Waals surface area contributed by atoms with Crippen LogP contribution in [0, 0.1) is 12.3 Å². The quantitative estimate of drug-likeness (QED) is 0.733. The number of hydrogen-bond acceptors (Lipinski definition) is 5. The molecule has 0 amide bonds. The van der Waals surface area contributed by atoms with Crippen molar-refractivity contribution in [3.63, 3.8) is 0 Å². The highest BCUT2D eigenvalue weighted by atomic mass is 15.4. The molecule has 0 aliphatic rings. The number of terminal acetylenes is 1. The second kappa shape index (κ2) is 6.44. The average molecular weight is 306 g/mol. The summed E-state index contributed by atoms with van der Waals surface area (Å²) in [5, 5.41) is 11.6. The van der Waals surface area contributed by atoms with Gasteiger partial charge in [-0.3, -0.25) is 0 Å². The number of rotatable bonds is 5. The number of fused-ring (bicyclic) bond motifs is 1. The molecule has 0 spiro atoms. The Labute approximate surface area is 135 Å². The van der Waals surface area contributed by atoms with Crippen molar-refractivity contribution in [1.29, 1.82) is 0 Å². The van der Waals surface area contributed by atoms with Gasteiger partial charge in [0.15, 0.2) is 17.0 Å². The molecule has 6 nitrogen and oxygen atoms in total. The van der Waals surface area contributed by atoms with E-state index in [1.54, 1.807) is 4.68 Å². The Bertz CT molecular complexity index is 845. The maximum absolute atomic E-state index is 5.33. The van der Waals surface area contributed by atoms with Crippen molar-refractivity contribution in [2.75, 3.05) is 11.9 Å². The van der Waals surface area contributed by atoms with Crippen molar-refractivity contribution in [2.45, 2.75) is 26.3 Å². The highest BCUT2D eigenvalue weighted by Gasteiger charge is 2.16. The minimum absolute atomic E-state index is 0.200. The van der Waals surface area contributed by atoms with Crippen LogP contribution < -0.4 is 5.32 Å². The Balaban J connectivity index is 2.06. The summed E-state index contributed by atoms with van der Waals surface area (Å²) < 4.78 is 1.79. The van der Waals surface area contributed by atoms with Crippen LogP contribution in [-0.2, 0) is 6.54 Å². The first-order valence-electron chi connectivity index (χ1n) is 7.51. The lowest BCUT2D eigenvalue weighted by atomic mass is 10.2. The van der Waals surface area contributed by atoms with Crippen LogP contribution in [0.1, 0.15) is 31.2 Å². The first kappa shape index (κ1) is 15.0. The number of hydrogen-bond donors (Lipinski definition) is 1. The molecule has 0 atom stereocenters. The highest BCUT2D eigenvalue weighted by Crippen LogP contribution is 2.21. The zero-order valence-electron chi connectivity index (χ0n) is 13.2. The molecule has 0 unspecified atom stereocenters. The monoisotopic (exact) mass is 306 g/mol. The number of nitrogens with one attached hydrogen (secondary N) is 1. The Hall–Kier alpha value is -2.94. The maximum atomic E-state index is 5.33. The van der Waals surface area contributed by atoms with Gasteiger partial charge in [0.1, 0.15) is 5.82 Å². The molecule has 116 valence electrons. The van der Waals surface area contributed by atoms with Crippen LogP contribution in [0.5, 0.6) is 0 Å². The van der Waals surface area contributed by atoms with E-state index in [4.69, 9.17) is 6.42 Å². The van der Waals surface area contributed by atoms with Crippen molar-refractivity contribution in [3.05, 3.63) is 41.7 Å². The maximum Gasteiger partial charge on any atom is 0.184 e. The SMILES string of the molecule is C#CCNc1nc(C(C)C)nc2c1nnn2Cc1ccccc1. The van der Waals surface area contributed by atoms with Gasteiger partial charge in [0.25, 0.3) is 0 Å². The van der Waals surface area contributed by atoms with Crippen LogP contribution in [0.15, 0.2) is 30.3 Å². The molecule has 1 aromatic carbocycles. The van der Waals surface area contributed by atoms with Crippen LogP contribution in [0.4, 0.5) is 5.82 Å². The standard InChI is InChI=1S/C17H18N6/c1-4-10-18-16-14-17(20-15(19-16)12(2)3)23(22-21-14)11-13-8-6-5-7-9-13/h1,5-9,12H,10-11H2,2-3H3,(H,18,19,20). The van der Waals surface area contributed by atoms with E-state index in [0.717, 1.165) is 11.4 Å². The van der Waals surface area contributed by atoms with Crippen molar-refractivity contribution < 1.29 is 0 Å². The van der Waals surface area contributed by atoms with E-state index in [0.29, 0.717) is 30.1 Å². The van der Waals surface area contributed by atoms with Gasteiger partial charge in [-0.2, -0.15) is 0 Å². The fourth-order valence-corrected chi connectivity index (χ4v) is 2.25. The zero-order valence-corrected chi connectivity index (χ0v) is 13.2. The van der Waals surface area contributed by atoms with Gasteiger partial charge < -0.3 is 5.32 Å². The lowest BCUT2D eigenvalue weighted by molar-refractivity contribution is 0.660. The molecule has 3 rings (SSSR count). The Morgan fingerprint density at radius 3 is 2.70 bits per heavy atom. The molecule has 2 aromatic heterocycles. The predicted octanol–water partition coefficient (Wildman–Crippen LogP) is 2.44. The Morgan fingerprint density at radius 2 is 2.00 bits per heavy atom. The van der Waals surface area contributed by atoms with Crippen molar-refractivity contribution >= 4 is 17.0 Å². The van der Waals surface area contributed by atoms with E-state index in [1.807, 2.05) is 18.2 Å². The summed E-state index contributed by atoms with van der Waals surface area (Å²) in [4.78, 5) is 9.16. The first-order valence-corrected chi connectivity index (χ1v) is 7.51. The van der Waals surface area contributed by atoms with Crippen LogP contribution in [-0.4, -0.2) is 31.5 Å². The number of benzene rings is 1. The highest BCUT2D eigenvalue weighted by molar-refractivity contribution is 5.82. The topological polar surface area (TPSA) is 68.5 Å². The molecule has 1 N–H and O–H groups in total. The normalized spacial score (nSPS) is 10.9. The zero-order chi connectivity index (χ0) is 16.2. The lowest BCUT2D eigenvalue weighted by Crippen LogP contribution is -2.08. The molecule has 0 saturated carbocycles. The van der Waals surface area contributed by atoms with Crippen LogP contribution >= 0.6 is 0 Å². The molecule has 0 radical (unpaired) electrons. The van der Waals surface area contributed by atoms with Crippen LogP contribution in [0.3, 0.4) is 0 Å². The second-order valence-electron chi connectivity index (χ2n) is 5.55. The minimum Gasteiger partial charge on any atom is -0.357 e. The molecule has 0 fully saturated rings. The fourth-order valence-electron chi connectivity index (χ4n) is 2.25. The van der Waals surface area contributed by atoms with Gasteiger partial charge in [-0.05, 0) is 5.56 Å². The van der Waals surface area contributed by atoms with E-state index < -0.39 is 0 Å². The molecule has 3 aromatic rings. The molecule has 2 heterocycles. The fraction of sp³-hybridized carbons (Fsp3) is 0.294. The summed E-state index contributed by atoms with van der Waals surface area (Å²) in [6.45, 7) is 5.10. The molecule has 0 saturated heterocycles. The van der Waals surface area contributed by atoms with Gasteiger partial charge in [-0.15, -0.1) is 11.5 Å². The molecular weight excluding hydrogens is 288 g/mol. The number of nitrogens with zero attached hydrogens (tertiary/aromatic N) is 5. The lowest BCUT2D eigenvalue weighted by Gasteiger charge is -2.09. The average Bonchev–Trinajstić information content (AvgIpc) is 2.96. The van der Waals surface area contributed by atoms with E-state index in [-0.39, 0.29) is 5.92 Å². The van der Waals surface area contributed by atoms with Crippen LogP contribution in [0.2, 0.25) is 0 Å². The molecule has 0 aliphatic carbocycles. The van der Waals surface area contributed by atoms with Gasteiger partial charge in [0.05, 0.1) is 13.1 Å². The first-order chi connectivity index (χ1) is 11.2. The van der Waals surface area contributed by atoms with Gasteiger partial charge in [-0.25, -0.2) is 14.6 Å². The smallest absolute Gasteiger partial charge is 0.184 e. The Morgan fingerprint density at radius 1 is 1.22 bits per heavy atom. The molecule has 0 bridgehead atoms. The van der Waals surface area contributed by atoms with Crippen molar-refractivity contribution in [1.82, 2.24) is 25.0 Å². The van der Waals surface area contributed by atoms with Crippen molar-refractivity contribution in [2.24, 2.45) is 0 Å². The molecule has 0 aliphatic heterocycles. The Kier molecular flexibility index (Phi) is 4.20. The summed E-state index contributed by atoms with van der Waals surface area (Å²) >= 11 is 0. The van der Waals surface area contributed by atoms with E-state index in [1.165, 1.54) is 0 Å². The molecule has 23 heavy (non-hydrogen) atoms. The van der Waals surface area contributed by atoms with Crippen LogP contribution in [0.25, 0.3) is 11.2 Å².